The Balaban J connectivity index is 2.17. The van der Waals surface area contributed by atoms with Crippen LogP contribution in [0.3, 0.4) is 0 Å². The molecule has 0 saturated heterocycles. The van der Waals surface area contributed by atoms with Gasteiger partial charge in [-0.1, -0.05) is 91.6 Å². The molecule has 2 N–H and O–H groups in total. The van der Waals surface area contributed by atoms with Gasteiger partial charge in [0.15, 0.2) is 0 Å². The van der Waals surface area contributed by atoms with Gasteiger partial charge in [0.2, 0.25) is 0 Å². The molecule has 0 aliphatic carbocycles. The molecule has 30 heavy (non-hydrogen) atoms. The first-order valence-electron chi connectivity index (χ1n) is 11.3. The number of benzene rings is 3. The summed E-state index contributed by atoms with van der Waals surface area (Å²) in [7, 11) is 0. The van der Waals surface area contributed by atoms with Gasteiger partial charge in [-0.25, -0.2) is 0 Å². The zero-order valence-electron chi connectivity index (χ0n) is 19.8. The Bertz CT molecular complexity index is 925. The van der Waals surface area contributed by atoms with Crippen LogP contribution in [0.1, 0.15) is 88.2 Å². The van der Waals surface area contributed by atoms with E-state index in [1.807, 2.05) is 0 Å². The van der Waals surface area contributed by atoms with E-state index in [4.69, 9.17) is 5.73 Å². The maximum atomic E-state index is 6.15. The molecule has 0 radical (unpaired) electrons. The standard InChI is InChI=1S/C29H37N/c1-8-27-28(22(6)25-11-18(2)9-19(3)12-25)15-24(17-30)16-29(27)23(7)26-13-20(4)10-21(5)14-26/h9-16,22-23H,8,17,30H2,1-7H3/t22-,23-/m1/s1. The molecule has 1 nitrogen and oxygen atoms in total. The van der Waals surface area contributed by atoms with Gasteiger partial charge in [-0.15, -0.1) is 0 Å². The molecule has 0 aromatic heterocycles. The van der Waals surface area contributed by atoms with Gasteiger partial charge in [-0.3, -0.25) is 0 Å². The highest BCUT2D eigenvalue weighted by molar-refractivity contribution is 5.50. The van der Waals surface area contributed by atoms with E-state index in [0.29, 0.717) is 18.4 Å². The first-order valence-corrected chi connectivity index (χ1v) is 11.3. The number of rotatable bonds is 6. The van der Waals surface area contributed by atoms with Crippen molar-refractivity contribution in [3.05, 3.63) is 104 Å². The third-order valence-corrected chi connectivity index (χ3v) is 6.39. The predicted molar refractivity (Wildman–Crippen MR) is 131 cm³/mol. The molecule has 2 atom stereocenters. The predicted octanol–water partition coefficient (Wildman–Crippen LogP) is 7.24. The fourth-order valence-corrected chi connectivity index (χ4v) is 4.96. The minimum Gasteiger partial charge on any atom is -0.326 e. The topological polar surface area (TPSA) is 26.0 Å². The SMILES string of the molecule is CCc1c([C@H](C)c2cc(C)cc(C)c2)cc(CN)cc1[C@H](C)c1cc(C)cc(C)c1. The highest BCUT2D eigenvalue weighted by Crippen LogP contribution is 2.36. The molecule has 3 aromatic rings. The van der Waals surface area contributed by atoms with Gasteiger partial charge in [-0.2, -0.15) is 0 Å². The van der Waals surface area contributed by atoms with Crippen LogP contribution in [-0.2, 0) is 13.0 Å². The molecule has 0 unspecified atom stereocenters. The van der Waals surface area contributed by atoms with Gasteiger partial charge >= 0.3 is 0 Å². The quantitative estimate of drug-likeness (QED) is 0.464. The van der Waals surface area contributed by atoms with Crippen molar-refractivity contribution < 1.29 is 0 Å². The summed E-state index contributed by atoms with van der Waals surface area (Å²) in [5, 5.41) is 0. The molecule has 0 spiro atoms. The Morgan fingerprint density at radius 1 is 0.633 bits per heavy atom. The monoisotopic (exact) mass is 399 g/mol. The van der Waals surface area contributed by atoms with Crippen molar-refractivity contribution in [1.29, 1.82) is 0 Å². The lowest BCUT2D eigenvalue weighted by molar-refractivity contribution is 0.833. The van der Waals surface area contributed by atoms with Crippen molar-refractivity contribution in [2.24, 2.45) is 5.73 Å². The second kappa shape index (κ2) is 9.18. The van der Waals surface area contributed by atoms with Gasteiger partial charge in [0.1, 0.15) is 0 Å². The summed E-state index contributed by atoms with van der Waals surface area (Å²) in [6, 6.07) is 18.5. The summed E-state index contributed by atoms with van der Waals surface area (Å²) in [5.41, 5.74) is 19.8. The summed E-state index contributed by atoms with van der Waals surface area (Å²) in [6.07, 6.45) is 1.03. The molecule has 3 rings (SSSR count). The van der Waals surface area contributed by atoms with Gasteiger partial charge in [0.25, 0.3) is 0 Å². The first kappa shape index (κ1) is 22.3. The highest BCUT2D eigenvalue weighted by atomic mass is 14.5. The smallest absolute Gasteiger partial charge is 0.0178 e. The molecule has 3 aromatic carbocycles. The molecule has 1 heteroatoms. The Hall–Kier alpha value is -2.38. The molecule has 0 saturated carbocycles. The number of nitrogens with two attached hydrogens (primary N) is 1. The van der Waals surface area contributed by atoms with E-state index in [0.717, 1.165) is 6.42 Å². The Labute approximate surface area is 183 Å². The van der Waals surface area contributed by atoms with Crippen LogP contribution in [-0.4, -0.2) is 0 Å². The molecule has 0 bridgehead atoms. The van der Waals surface area contributed by atoms with E-state index in [1.54, 1.807) is 0 Å². The van der Waals surface area contributed by atoms with Gasteiger partial charge in [0.05, 0.1) is 0 Å². The highest BCUT2D eigenvalue weighted by Gasteiger charge is 2.21. The van der Waals surface area contributed by atoms with E-state index in [9.17, 15) is 0 Å². The maximum Gasteiger partial charge on any atom is 0.0178 e. The molecule has 0 heterocycles. The number of hydrogen-bond donors (Lipinski definition) is 1. The van der Waals surface area contributed by atoms with Gasteiger partial charge < -0.3 is 5.73 Å². The molecular weight excluding hydrogens is 362 g/mol. The van der Waals surface area contributed by atoms with E-state index in [-0.39, 0.29) is 0 Å². The zero-order chi connectivity index (χ0) is 22.0. The Morgan fingerprint density at radius 2 is 1.00 bits per heavy atom. The summed E-state index contributed by atoms with van der Waals surface area (Å²) < 4.78 is 0. The fraction of sp³-hybridized carbons (Fsp3) is 0.379. The van der Waals surface area contributed by atoms with Crippen LogP contribution in [0.15, 0.2) is 48.5 Å². The lowest BCUT2D eigenvalue weighted by Crippen LogP contribution is -2.11. The Morgan fingerprint density at radius 3 is 1.30 bits per heavy atom. The summed E-state index contributed by atoms with van der Waals surface area (Å²) >= 11 is 0. The third kappa shape index (κ3) is 4.68. The van der Waals surface area contributed by atoms with Crippen molar-refractivity contribution in [2.75, 3.05) is 0 Å². The van der Waals surface area contributed by atoms with Crippen molar-refractivity contribution in [2.45, 2.75) is 73.3 Å². The van der Waals surface area contributed by atoms with Crippen LogP contribution in [0.2, 0.25) is 0 Å². The van der Waals surface area contributed by atoms with Crippen LogP contribution >= 0.6 is 0 Å². The molecule has 158 valence electrons. The van der Waals surface area contributed by atoms with Crippen molar-refractivity contribution in [1.82, 2.24) is 0 Å². The molecule has 0 aliphatic heterocycles. The molecule has 0 fully saturated rings. The lowest BCUT2D eigenvalue weighted by atomic mass is 9.79. The van der Waals surface area contributed by atoms with Crippen LogP contribution in [0.5, 0.6) is 0 Å². The van der Waals surface area contributed by atoms with E-state index in [1.165, 1.54) is 55.6 Å². The minimum absolute atomic E-state index is 0.343. The van der Waals surface area contributed by atoms with E-state index >= 15 is 0 Å². The average molecular weight is 400 g/mol. The summed E-state index contributed by atoms with van der Waals surface area (Å²) in [5.74, 6) is 0.686. The summed E-state index contributed by atoms with van der Waals surface area (Å²) in [6.45, 7) is 16.3. The van der Waals surface area contributed by atoms with Crippen LogP contribution in [0, 0.1) is 27.7 Å². The second-order valence-corrected chi connectivity index (χ2v) is 9.10. The number of hydrogen-bond acceptors (Lipinski definition) is 1. The van der Waals surface area contributed by atoms with Crippen LogP contribution in [0.4, 0.5) is 0 Å². The number of aryl methyl sites for hydroxylation is 4. The lowest BCUT2D eigenvalue weighted by Gasteiger charge is -2.25. The van der Waals surface area contributed by atoms with E-state index in [2.05, 4.69) is 97.0 Å². The average Bonchev–Trinajstić information content (AvgIpc) is 2.70. The van der Waals surface area contributed by atoms with Gasteiger partial charge in [-0.05, 0) is 67.5 Å². The normalized spacial score (nSPS) is 13.3. The molecule has 0 aliphatic rings. The second-order valence-electron chi connectivity index (χ2n) is 9.10. The Kier molecular flexibility index (Phi) is 6.83. The van der Waals surface area contributed by atoms with E-state index < -0.39 is 0 Å². The van der Waals surface area contributed by atoms with Crippen LogP contribution in [0.25, 0.3) is 0 Å². The third-order valence-electron chi connectivity index (χ3n) is 6.39. The fourth-order valence-electron chi connectivity index (χ4n) is 4.96. The minimum atomic E-state index is 0.343. The molecule has 0 amide bonds. The van der Waals surface area contributed by atoms with Crippen molar-refractivity contribution in [3.63, 3.8) is 0 Å². The first-order chi connectivity index (χ1) is 14.2. The molecular formula is C29H37N. The van der Waals surface area contributed by atoms with Gasteiger partial charge in [0, 0.05) is 18.4 Å². The maximum absolute atomic E-state index is 6.15. The zero-order valence-corrected chi connectivity index (χ0v) is 19.8. The van der Waals surface area contributed by atoms with Crippen LogP contribution < -0.4 is 5.73 Å². The summed E-state index contributed by atoms with van der Waals surface area (Å²) in [4.78, 5) is 0. The van der Waals surface area contributed by atoms with Crippen molar-refractivity contribution in [3.8, 4) is 0 Å². The van der Waals surface area contributed by atoms with Crippen molar-refractivity contribution >= 4 is 0 Å². The largest absolute Gasteiger partial charge is 0.326 e.